The molecule has 1 aliphatic rings. The van der Waals surface area contributed by atoms with Gasteiger partial charge in [-0.2, -0.15) is 13.2 Å². The van der Waals surface area contributed by atoms with Gasteiger partial charge >= 0.3 is 12.2 Å². The fourth-order valence-corrected chi connectivity index (χ4v) is 2.82. The lowest BCUT2D eigenvalue weighted by atomic mass is 9.85. The number of carbonyl (C=O) groups excluding carboxylic acids is 1. The van der Waals surface area contributed by atoms with Crippen molar-refractivity contribution in [2.75, 3.05) is 6.54 Å². The van der Waals surface area contributed by atoms with E-state index in [-0.39, 0.29) is 18.9 Å². The van der Waals surface area contributed by atoms with Gasteiger partial charge < -0.3 is 10.6 Å². The quantitative estimate of drug-likeness (QED) is 0.875. The maximum Gasteiger partial charge on any atom is 0.391 e. The van der Waals surface area contributed by atoms with Gasteiger partial charge in [0.05, 0.1) is 5.92 Å². The van der Waals surface area contributed by atoms with Gasteiger partial charge in [-0.3, -0.25) is 0 Å². The summed E-state index contributed by atoms with van der Waals surface area (Å²) in [6, 6.07) is 8.93. The number of urea groups is 1. The van der Waals surface area contributed by atoms with Crippen molar-refractivity contribution in [1.82, 2.24) is 10.6 Å². The molecule has 22 heavy (non-hydrogen) atoms. The first-order valence-electron chi connectivity index (χ1n) is 7.60. The van der Waals surface area contributed by atoms with Gasteiger partial charge in [0.25, 0.3) is 0 Å². The van der Waals surface area contributed by atoms with Gasteiger partial charge in [-0.25, -0.2) is 4.79 Å². The van der Waals surface area contributed by atoms with Gasteiger partial charge in [0.15, 0.2) is 0 Å². The predicted molar refractivity (Wildman–Crippen MR) is 78.5 cm³/mol. The monoisotopic (exact) mass is 314 g/mol. The molecule has 3 nitrogen and oxygen atoms in total. The molecule has 1 fully saturated rings. The van der Waals surface area contributed by atoms with Crippen LogP contribution < -0.4 is 10.6 Å². The normalized spacial score (nSPS) is 22.1. The highest BCUT2D eigenvalue weighted by Crippen LogP contribution is 2.37. The van der Waals surface area contributed by atoms with E-state index in [1.165, 1.54) is 0 Å². The Kier molecular flexibility index (Phi) is 5.69. The number of hydrogen-bond acceptors (Lipinski definition) is 1. The second kappa shape index (κ2) is 7.51. The molecule has 2 atom stereocenters. The van der Waals surface area contributed by atoms with Gasteiger partial charge in [0.2, 0.25) is 0 Å². The Morgan fingerprint density at radius 3 is 2.59 bits per heavy atom. The third kappa shape index (κ3) is 5.24. The van der Waals surface area contributed by atoms with Crippen molar-refractivity contribution in [3.05, 3.63) is 35.9 Å². The number of carbonyl (C=O) groups is 1. The second-order valence-electron chi connectivity index (χ2n) is 5.74. The molecule has 0 saturated heterocycles. The Labute approximate surface area is 128 Å². The predicted octanol–water partition coefficient (Wildman–Crippen LogP) is 3.65. The van der Waals surface area contributed by atoms with E-state index < -0.39 is 18.1 Å². The van der Waals surface area contributed by atoms with Crippen LogP contribution in [0.15, 0.2) is 30.3 Å². The molecule has 2 rings (SSSR count). The lowest BCUT2D eigenvalue weighted by Gasteiger charge is -2.31. The van der Waals surface area contributed by atoms with Gasteiger partial charge in [-0.05, 0) is 31.2 Å². The van der Waals surface area contributed by atoms with Crippen LogP contribution in [0.3, 0.4) is 0 Å². The molecular weight excluding hydrogens is 293 g/mol. The Morgan fingerprint density at radius 1 is 1.18 bits per heavy atom. The van der Waals surface area contributed by atoms with Crippen LogP contribution in [0.1, 0.15) is 31.2 Å². The summed E-state index contributed by atoms with van der Waals surface area (Å²) in [5.74, 6) is -1.30. The number of hydrogen-bond donors (Lipinski definition) is 2. The molecular formula is C16H21F3N2O. The number of amides is 2. The van der Waals surface area contributed by atoms with E-state index in [4.69, 9.17) is 0 Å². The second-order valence-corrected chi connectivity index (χ2v) is 5.74. The summed E-state index contributed by atoms with van der Waals surface area (Å²) < 4.78 is 38.1. The summed E-state index contributed by atoms with van der Waals surface area (Å²) in [6.07, 6.45) is -2.21. The molecule has 122 valence electrons. The summed E-state index contributed by atoms with van der Waals surface area (Å²) in [5, 5.41) is 5.36. The molecule has 1 aromatic rings. The van der Waals surface area contributed by atoms with Crippen molar-refractivity contribution in [2.24, 2.45) is 5.92 Å². The Hall–Kier alpha value is -1.72. The van der Waals surface area contributed by atoms with Gasteiger partial charge in [0.1, 0.15) is 0 Å². The summed E-state index contributed by atoms with van der Waals surface area (Å²) in [5.41, 5.74) is 1.11. The van der Waals surface area contributed by atoms with E-state index in [9.17, 15) is 18.0 Å². The molecule has 1 aromatic carbocycles. The first kappa shape index (κ1) is 16.6. The van der Waals surface area contributed by atoms with Crippen molar-refractivity contribution >= 4 is 6.03 Å². The molecule has 0 aromatic heterocycles. The highest BCUT2D eigenvalue weighted by atomic mass is 19.4. The Bertz CT molecular complexity index is 476. The molecule has 0 aliphatic heterocycles. The van der Waals surface area contributed by atoms with E-state index >= 15 is 0 Å². The highest BCUT2D eigenvalue weighted by Gasteiger charge is 2.42. The van der Waals surface area contributed by atoms with Crippen molar-refractivity contribution < 1.29 is 18.0 Å². The summed E-state index contributed by atoms with van der Waals surface area (Å²) >= 11 is 0. The number of alkyl halides is 3. The first-order chi connectivity index (χ1) is 10.4. The van der Waals surface area contributed by atoms with E-state index in [1.807, 2.05) is 30.3 Å². The van der Waals surface area contributed by atoms with Crippen LogP contribution in [0.5, 0.6) is 0 Å². The molecule has 6 heteroatoms. The molecule has 0 radical (unpaired) electrons. The van der Waals surface area contributed by atoms with Gasteiger partial charge in [-0.1, -0.05) is 36.8 Å². The average Bonchev–Trinajstić information content (AvgIpc) is 2.48. The summed E-state index contributed by atoms with van der Waals surface area (Å²) in [7, 11) is 0. The van der Waals surface area contributed by atoms with Crippen molar-refractivity contribution in [1.29, 1.82) is 0 Å². The molecule has 1 aliphatic carbocycles. The third-order valence-electron chi connectivity index (χ3n) is 4.01. The van der Waals surface area contributed by atoms with Crippen LogP contribution in [0.25, 0.3) is 0 Å². The zero-order valence-electron chi connectivity index (χ0n) is 12.3. The smallest absolute Gasteiger partial charge is 0.338 e. The minimum atomic E-state index is -4.16. The van der Waals surface area contributed by atoms with Crippen LogP contribution in [0, 0.1) is 5.92 Å². The Morgan fingerprint density at radius 2 is 1.91 bits per heavy atom. The first-order valence-corrected chi connectivity index (χ1v) is 7.60. The van der Waals surface area contributed by atoms with Crippen molar-refractivity contribution in [2.45, 2.75) is 44.3 Å². The fraction of sp³-hybridized carbons (Fsp3) is 0.562. The van der Waals surface area contributed by atoms with Gasteiger partial charge in [-0.15, -0.1) is 0 Å². The van der Waals surface area contributed by atoms with Crippen molar-refractivity contribution in [3.63, 3.8) is 0 Å². The molecule has 2 amide bonds. The standard InChI is InChI=1S/C16H21F3N2O/c17-16(18,19)13-7-4-8-14(11-13)21-15(22)20-10-9-12-5-2-1-3-6-12/h1-3,5-6,13-14H,4,7-11H2,(H2,20,21,22)/t13-,14+/m1/s1. The zero-order chi connectivity index (χ0) is 16.0. The highest BCUT2D eigenvalue weighted by molar-refractivity contribution is 5.74. The molecule has 2 N–H and O–H groups in total. The third-order valence-corrected chi connectivity index (χ3v) is 4.01. The van der Waals surface area contributed by atoms with Crippen LogP contribution in [-0.4, -0.2) is 24.8 Å². The van der Waals surface area contributed by atoms with Crippen LogP contribution in [-0.2, 0) is 6.42 Å². The maximum absolute atomic E-state index is 12.7. The minimum Gasteiger partial charge on any atom is -0.338 e. The average molecular weight is 314 g/mol. The molecule has 0 spiro atoms. The topological polar surface area (TPSA) is 41.1 Å². The molecule has 1 saturated carbocycles. The van der Waals surface area contributed by atoms with Crippen molar-refractivity contribution in [3.8, 4) is 0 Å². The zero-order valence-corrected chi connectivity index (χ0v) is 12.3. The molecule has 0 unspecified atom stereocenters. The Balaban J connectivity index is 1.70. The number of nitrogens with one attached hydrogen (secondary N) is 2. The van der Waals surface area contributed by atoms with Crippen LogP contribution in [0.4, 0.5) is 18.0 Å². The van der Waals surface area contributed by atoms with Gasteiger partial charge in [0, 0.05) is 12.6 Å². The van der Waals surface area contributed by atoms with E-state index in [0.29, 0.717) is 25.8 Å². The number of benzene rings is 1. The van der Waals surface area contributed by atoms with Crippen LogP contribution in [0.2, 0.25) is 0 Å². The van der Waals surface area contributed by atoms with E-state index in [2.05, 4.69) is 10.6 Å². The minimum absolute atomic E-state index is 0.0182. The lowest BCUT2D eigenvalue weighted by Crippen LogP contribution is -2.46. The largest absolute Gasteiger partial charge is 0.391 e. The fourth-order valence-electron chi connectivity index (χ4n) is 2.82. The van der Waals surface area contributed by atoms with E-state index in [0.717, 1.165) is 5.56 Å². The summed E-state index contributed by atoms with van der Waals surface area (Å²) in [6.45, 7) is 0.464. The molecule has 0 bridgehead atoms. The lowest BCUT2D eigenvalue weighted by molar-refractivity contribution is -0.183. The van der Waals surface area contributed by atoms with E-state index in [1.54, 1.807) is 0 Å². The summed E-state index contributed by atoms with van der Waals surface area (Å²) in [4.78, 5) is 11.8. The number of halogens is 3. The van der Waals surface area contributed by atoms with Crippen LogP contribution >= 0.6 is 0 Å². The SMILES string of the molecule is O=C(NCCc1ccccc1)N[C@H]1CCC[C@@H](C(F)(F)F)C1. The maximum atomic E-state index is 12.7. The molecule has 0 heterocycles. The number of rotatable bonds is 4.